The smallest absolute Gasteiger partial charge is 0.326 e. The van der Waals surface area contributed by atoms with Crippen molar-refractivity contribution in [2.45, 2.75) is 44.1 Å². The molecule has 0 spiro atoms. The predicted molar refractivity (Wildman–Crippen MR) is 174 cm³/mol. The number of nitrogens with two attached hydrogens (primary N) is 1. The van der Waals surface area contributed by atoms with Crippen molar-refractivity contribution >= 4 is 77.5 Å². The summed E-state index contributed by atoms with van der Waals surface area (Å²) in [4.78, 5) is 110. The summed E-state index contributed by atoms with van der Waals surface area (Å²) in [6, 6.07) is 3.08. The number of nitrogen functional groups attached to an aromatic ring is 1. The summed E-state index contributed by atoms with van der Waals surface area (Å²) in [5.74, 6) is -6.54. The molecule has 21 nitrogen and oxygen atoms in total. The minimum absolute atomic E-state index is 0.0156. The minimum atomic E-state index is -1.72. The lowest BCUT2D eigenvalue weighted by Gasteiger charge is -2.19. The predicted octanol–water partition coefficient (Wildman–Crippen LogP) is -2.51. The number of aliphatic carboxylic acids is 2. The molecule has 2 heterocycles. The highest BCUT2D eigenvalue weighted by molar-refractivity contribution is 7.80. The third kappa shape index (κ3) is 11.7. The van der Waals surface area contributed by atoms with Gasteiger partial charge in [0.2, 0.25) is 23.7 Å². The first-order valence-corrected chi connectivity index (χ1v) is 15.1. The fourth-order valence-electron chi connectivity index (χ4n) is 4.11. The second kappa shape index (κ2) is 18.3. The van der Waals surface area contributed by atoms with Crippen molar-refractivity contribution in [1.82, 2.24) is 41.2 Å². The van der Waals surface area contributed by atoms with E-state index < -0.39 is 78.8 Å². The van der Waals surface area contributed by atoms with Gasteiger partial charge in [0.05, 0.1) is 24.9 Å². The maximum atomic E-state index is 12.8. The fourth-order valence-corrected chi connectivity index (χ4v) is 4.36. The van der Waals surface area contributed by atoms with E-state index in [0.29, 0.717) is 11.4 Å². The van der Waals surface area contributed by atoms with Crippen LogP contribution in [0.1, 0.15) is 35.3 Å². The fraction of sp³-hybridized carbons (Fsp3) is 0.321. The third-order valence-electron chi connectivity index (χ3n) is 6.52. The second-order valence-corrected chi connectivity index (χ2v) is 10.6. The van der Waals surface area contributed by atoms with Crippen molar-refractivity contribution in [3.8, 4) is 0 Å². The number of rotatable bonds is 19. The molecule has 0 aliphatic carbocycles. The molecule has 50 heavy (non-hydrogen) atoms. The highest BCUT2D eigenvalue weighted by Crippen LogP contribution is 2.12. The van der Waals surface area contributed by atoms with E-state index >= 15 is 0 Å². The summed E-state index contributed by atoms with van der Waals surface area (Å²) < 4.78 is 4.86. The number of hydrogen-bond acceptors (Lipinski definition) is 15. The monoisotopic (exact) mass is 716 g/mol. The normalized spacial score (nSPS) is 12.4. The Morgan fingerprint density at radius 1 is 1.00 bits per heavy atom. The van der Waals surface area contributed by atoms with Crippen LogP contribution in [-0.4, -0.2) is 103 Å². The number of nitrogens with zero attached hydrogens (tertiary/aromatic N) is 3. The molecule has 0 bridgehead atoms. The standard InChI is InChI=1S/C28H32N10O11S/c29-28-37-23-22(26(46)38-28)33-15(9-31-23)8-30-14-3-1-13(2-4-14)24(44)36-20(49-12-39)6-5-18(40)34-16(27(47)48)7-19(41)35-17(11-50)25(45)32-10-21(42)43/h1-4,9,12,16-17,20,30,50H,5-8,10-11H2,(H,32,45)(H,34,40)(H,35,41)(H,36,44)(H,42,43)(H,47,48)(H3,29,31,37,38,46). The number of aromatic nitrogens is 4. The lowest BCUT2D eigenvalue weighted by Crippen LogP contribution is -2.51. The van der Waals surface area contributed by atoms with Crippen LogP contribution in [-0.2, 0) is 40.0 Å². The van der Waals surface area contributed by atoms with Crippen LogP contribution in [0, 0.1) is 0 Å². The number of amides is 4. The Bertz CT molecular complexity index is 1810. The molecule has 3 aromatic rings. The molecule has 0 aliphatic rings. The first kappa shape index (κ1) is 38.1. The molecule has 266 valence electrons. The van der Waals surface area contributed by atoms with E-state index in [1.54, 1.807) is 12.1 Å². The van der Waals surface area contributed by atoms with Crippen LogP contribution in [0.2, 0.25) is 0 Å². The van der Waals surface area contributed by atoms with Crippen molar-refractivity contribution in [3.05, 3.63) is 52.1 Å². The van der Waals surface area contributed by atoms with Crippen molar-refractivity contribution < 1.29 is 48.5 Å². The summed E-state index contributed by atoms with van der Waals surface area (Å²) in [6.45, 7) is -0.485. The Hall–Kier alpha value is -6.32. The Morgan fingerprint density at radius 3 is 2.34 bits per heavy atom. The second-order valence-electron chi connectivity index (χ2n) is 10.2. The Labute approximate surface area is 286 Å². The third-order valence-corrected chi connectivity index (χ3v) is 6.89. The molecule has 0 fully saturated rings. The molecule has 10 N–H and O–H groups in total. The van der Waals surface area contributed by atoms with Gasteiger partial charge in [0.25, 0.3) is 17.9 Å². The van der Waals surface area contributed by atoms with Crippen molar-refractivity contribution in [3.63, 3.8) is 0 Å². The Kier molecular flexibility index (Phi) is 13.9. The van der Waals surface area contributed by atoms with E-state index in [9.17, 15) is 43.5 Å². The maximum Gasteiger partial charge on any atom is 0.326 e. The number of nitrogens with one attached hydrogen (secondary N) is 6. The van der Waals surface area contributed by atoms with Gasteiger partial charge >= 0.3 is 11.9 Å². The minimum Gasteiger partial charge on any atom is -0.480 e. The van der Waals surface area contributed by atoms with Gasteiger partial charge in [-0.2, -0.15) is 17.6 Å². The number of aromatic amines is 1. The van der Waals surface area contributed by atoms with Crippen LogP contribution >= 0.6 is 12.6 Å². The number of carboxylic acids is 2. The lowest BCUT2D eigenvalue weighted by molar-refractivity contribution is -0.144. The summed E-state index contributed by atoms with van der Waals surface area (Å²) in [6.07, 6.45) is -1.34. The molecule has 0 saturated heterocycles. The van der Waals surface area contributed by atoms with E-state index in [-0.39, 0.29) is 47.9 Å². The number of carboxylic acid groups (broad SMARTS) is 2. The molecule has 0 aliphatic heterocycles. The average molecular weight is 717 g/mol. The van der Waals surface area contributed by atoms with Crippen LogP contribution in [0.3, 0.4) is 0 Å². The SMILES string of the molecule is Nc1nc2ncc(CNc3ccc(C(=O)NC(CCC(=O)NC(CC(=O)NC(CS)C(=O)NCC(=O)O)C(=O)O)OC=O)cc3)nc2c(=O)[nH]1. The van der Waals surface area contributed by atoms with Gasteiger partial charge in [-0.25, -0.2) is 14.8 Å². The van der Waals surface area contributed by atoms with Gasteiger partial charge in [-0.05, 0) is 24.3 Å². The van der Waals surface area contributed by atoms with Gasteiger partial charge in [0, 0.05) is 29.8 Å². The highest BCUT2D eigenvalue weighted by Gasteiger charge is 2.27. The number of H-pyrrole nitrogens is 1. The number of ether oxygens (including phenoxy) is 1. The summed E-state index contributed by atoms with van der Waals surface area (Å²) in [7, 11) is 0. The number of hydrogen-bond donors (Lipinski definition) is 10. The zero-order valence-corrected chi connectivity index (χ0v) is 26.8. The van der Waals surface area contributed by atoms with E-state index in [2.05, 4.69) is 59.1 Å². The van der Waals surface area contributed by atoms with E-state index in [4.69, 9.17) is 15.6 Å². The molecule has 3 atom stereocenters. The van der Waals surface area contributed by atoms with Crippen molar-refractivity contribution in [2.24, 2.45) is 0 Å². The van der Waals surface area contributed by atoms with Crippen LogP contribution in [0.15, 0.2) is 35.3 Å². The quantitative estimate of drug-likeness (QED) is 0.0348. The van der Waals surface area contributed by atoms with Crippen LogP contribution < -0.4 is 37.9 Å². The summed E-state index contributed by atoms with van der Waals surface area (Å²) in [5, 5.41) is 30.1. The maximum absolute atomic E-state index is 12.8. The van der Waals surface area contributed by atoms with Gasteiger partial charge in [0.15, 0.2) is 17.4 Å². The molecule has 3 unspecified atom stereocenters. The number of carbonyl (C=O) groups is 7. The van der Waals surface area contributed by atoms with Gasteiger partial charge in [-0.3, -0.25) is 38.5 Å². The van der Waals surface area contributed by atoms with Crippen LogP contribution in [0.25, 0.3) is 11.2 Å². The van der Waals surface area contributed by atoms with E-state index in [1.165, 1.54) is 18.3 Å². The number of carbonyl (C=O) groups excluding carboxylic acids is 5. The average Bonchev–Trinajstić information content (AvgIpc) is 3.07. The Balaban J connectivity index is 1.50. The zero-order chi connectivity index (χ0) is 36.8. The molecular formula is C28H32N10O11S. The molecule has 2 aromatic heterocycles. The highest BCUT2D eigenvalue weighted by atomic mass is 32.1. The van der Waals surface area contributed by atoms with Crippen molar-refractivity contribution in [2.75, 3.05) is 23.3 Å². The molecule has 4 amide bonds. The van der Waals surface area contributed by atoms with Gasteiger partial charge in [0.1, 0.15) is 18.6 Å². The number of thiol groups is 1. The number of anilines is 2. The molecule has 0 radical (unpaired) electrons. The Morgan fingerprint density at radius 2 is 1.70 bits per heavy atom. The zero-order valence-electron chi connectivity index (χ0n) is 25.9. The molecular weight excluding hydrogens is 684 g/mol. The molecule has 22 heteroatoms. The van der Waals surface area contributed by atoms with Crippen molar-refractivity contribution in [1.29, 1.82) is 0 Å². The van der Waals surface area contributed by atoms with Gasteiger partial charge in [-0.1, -0.05) is 0 Å². The van der Waals surface area contributed by atoms with Crippen LogP contribution in [0.4, 0.5) is 11.6 Å². The van der Waals surface area contributed by atoms with Gasteiger partial charge < -0.3 is 47.3 Å². The first-order valence-electron chi connectivity index (χ1n) is 14.5. The first-order chi connectivity index (χ1) is 23.8. The number of benzene rings is 1. The largest absolute Gasteiger partial charge is 0.480 e. The topological polar surface area (TPSA) is 327 Å². The molecule has 3 rings (SSSR count). The molecule has 0 saturated carbocycles. The lowest BCUT2D eigenvalue weighted by atomic mass is 10.1. The molecule has 1 aromatic carbocycles. The van der Waals surface area contributed by atoms with E-state index in [0.717, 1.165) is 0 Å². The van der Waals surface area contributed by atoms with Crippen LogP contribution in [0.5, 0.6) is 0 Å². The summed E-state index contributed by atoms with van der Waals surface area (Å²) in [5.41, 5.74) is 6.24. The van der Waals surface area contributed by atoms with Gasteiger partial charge in [-0.15, -0.1) is 0 Å². The number of fused-ring (bicyclic) bond motifs is 1. The van der Waals surface area contributed by atoms with E-state index in [1.807, 2.05) is 0 Å². The summed E-state index contributed by atoms with van der Waals surface area (Å²) >= 11 is 3.92.